The highest BCUT2D eigenvalue weighted by Crippen LogP contribution is 2.32. The first-order chi connectivity index (χ1) is 10.5. The number of halogens is 2. The van der Waals surface area contributed by atoms with Gasteiger partial charge in [0.15, 0.2) is 5.78 Å². The van der Waals surface area contributed by atoms with Crippen molar-refractivity contribution in [3.8, 4) is 0 Å². The summed E-state index contributed by atoms with van der Waals surface area (Å²) in [5, 5.41) is 1.46. The Labute approximate surface area is 140 Å². The molecule has 0 saturated carbocycles. The van der Waals surface area contributed by atoms with Crippen LogP contribution >= 0.6 is 23.2 Å². The van der Waals surface area contributed by atoms with Crippen LogP contribution in [0, 0.1) is 0 Å². The molecule has 2 aliphatic carbocycles. The third-order valence-corrected chi connectivity index (χ3v) is 4.61. The number of hydrogen-bond donors (Lipinski definition) is 0. The number of hydrogen-bond acceptors (Lipinski definition) is 1. The molecule has 1 nitrogen and oxygen atoms in total. The van der Waals surface area contributed by atoms with Gasteiger partial charge in [-0.1, -0.05) is 41.9 Å². The number of ketones is 1. The SMILES string of the molecule is C=C1CCc2ccc(Cl)cc21.O=C1CCc2ccc(Cl)cc21. The van der Waals surface area contributed by atoms with Crippen molar-refractivity contribution in [3.05, 3.63) is 75.3 Å². The van der Waals surface area contributed by atoms with E-state index in [9.17, 15) is 4.79 Å². The number of carbonyl (C=O) groups excluding carboxylic acids is 1. The molecule has 0 bridgehead atoms. The maximum atomic E-state index is 11.2. The van der Waals surface area contributed by atoms with Gasteiger partial charge in [0.1, 0.15) is 0 Å². The first-order valence-corrected chi connectivity index (χ1v) is 8.08. The van der Waals surface area contributed by atoms with Crippen molar-refractivity contribution in [2.75, 3.05) is 0 Å². The van der Waals surface area contributed by atoms with Crippen molar-refractivity contribution < 1.29 is 4.79 Å². The van der Waals surface area contributed by atoms with Crippen molar-refractivity contribution >= 4 is 34.6 Å². The minimum absolute atomic E-state index is 0.225. The van der Waals surface area contributed by atoms with E-state index in [2.05, 4.69) is 12.6 Å². The molecule has 0 radical (unpaired) electrons. The Morgan fingerprint density at radius 2 is 1.32 bits per heavy atom. The molecule has 0 amide bonds. The Morgan fingerprint density at radius 3 is 2.00 bits per heavy atom. The highest BCUT2D eigenvalue weighted by Gasteiger charge is 2.18. The summed E-state index contributed by atoms with van der Waals surface area (Å²) in [6.45, 7) is 3.98. The van der Waals surface area contributed by atoms with Crippen LogP contribution in [-0.4, -0.2) is 5.78 Å². The monoisotopic (exact) mass is 330 g/mol. The number of aryl methyl sites for hydroxylation is 2. The number of rotatable bonds is 0. The number of Topliss-reactive ketones (excluding diaryl/α,β-unsaturated/α-hetero) is 1. The van der Waals surface area contributed by atoms with Crippen LogP contribution in [0.3, 0.4) is 0 Å². The van der Waals surface area contributed by atoms with Crippen LogP contribution in [0.4, 0.5) is 0 Å². The van der Waals surface area contributed by atoms with Gasteiger partial charge >= 0.3 is 0 Å². The van der Waals surface area contributed by atoms with E-state index >= 15 is 0 Å². The molecule has 0 aliphatic heterocycles. The predicted molar refractivity (Wildman–Crippen MR) is 92.9 cm³/mol. The van der Waals surface area contributed by atoms with E-state index in [1.54, 1.807) is 6.07 Å². The lowest BCUT2D eigenvalue weighted by molar-refractivity contribution is 0.0994. The van der Waals surface area contributed by atoms with Crippen LogP contribution < -0.4 is 0 Å². The summed E-state index contributed by atoms with van der Waals surface area (Å²) >= 11 is 11.6. The van der Waals surface area contributed by atoms with Crippen LogP contribution in [0.5, 0.6) is 0 Å². The van der Waals surface area contributed by atoms with Crippen molar-refractivity contribution in [1.29, 1.82) is 0 Å². The molecule has 2 aliphatic rings. The van der Waals surface area contributed by atoms with E-state index < -0.39 is 0 Å². The van der Waals surface area contributed by atoms with Gasteiger partial charge in [-0.25, -0.2) is 0 Å². The first-order valence-electron chi connectivity index (χ1n) is 7.33. The lowest BCUT2D eigenvalue weighted by Crippen LogP contribution is -1.89. The van der Waals surface area contributed by atoms with E-state index in [-0.39, 0.29) is 5.78 Å². The fourth-order valence-corrected chi connectivity index (χ4v) is 3.27. The van der Waals surface area contributed by atoms with Crippen LogP contribution in [0.25, 0.3) is 5.57 Å². The maximum Gasteiger partial charge on any atom is 0.163 e. The normalized spacial score (nSPS) is 15.2. The van der Waals surface area contributed by atoms with Gasteiger partial charge < -0.3 is 0 Å². The summed E-state index contributed by atoms with van der Waals surface area (Å²) in [4.78, 5) is 11.2. The molecular weight excluding hydrogens is 315 g/mol. The van der Waals surface area contributed by atoms with Gasteiger partial charge in [0.05, 0.1) is 0 Å². The number of allylic oxidation sites excluding steroid dienone is 1. The Kier molecular flexibility index (Phi) is 4.37. The second-order valence-corrected chi connectivity index (χ2v) is 6.50. The van der Waals surface area contributed by atoms with Gasteiger partial charge in [0.2, 0.25) is 0 Å². The van der Waals surface area contributed by atoms with Crippen molar-refractivity contribution in [2.45, 2.75) is 25.7 Å². The van der Waals surface area contributed by atoms with Crippen LogP contribution in [-0.2, 0) is 12.8 Å². The van der Waals surface area contributed by atoms with E-state index in [0.717, 1.165) is 35.4 Å². The summed E-state index contributed by atoms with van der Waals surface area (Å²) in [6, 6.07) is 11.6. The average molecular weight is 331 g/mol. The third-order valence-electron chi connectivity index (χ3n) is 4.14. The number of benzene rings is 2. The number of carbonyl (C=O) groups is 1. The van der Waals surface area contributed by atoms with Gasteiger partial charge in [-0.05, 0) is 65.8 Å². The van der Waals surface area contributed by atoms with Gasteiger partial charge in [-0.3, -0.25) is 4.79 Å². The lowest BCUT2D eigenvalue weighted by atomic mass is 10.1. The minimum atomic E-state index is 0.225. The Balaban J connectivity index is 0.000000131. The zero-order chi connectivity index (χ0) is 15.7. The standard InChI is InChI=1S/C10H9Cl.C9H7ClO/c1-7-2-3-8-4-5-9(11)6-10(7)8;10-7-3-1-6-2-4-9(11)8(6)5-7/h4-6H,1-3H2;1,3,5H,2,4H2. The molecule has 0 unspecified atom stereocenters. The van der Waals surface area contributed by atoms with Crippen LogP contribution in [0.15, 0.2) is 43.0 Å². The number of fused-ring (bicyclic) bond motifs is 2. The van der Waals surface area contributed by atoms with Crippen molar-refractivity contribution in [1.82, 2.24) is 0 Å². The smallest absolute Gasteiger partial charge is 0.163 e. The molecule has 0 atom stereocenters. The lowest BCUT2D eigenvalue weighted by Gasteiger charge is -1.98. The summed E-state index contributed by atoms with van der Waals surface area (Å²) in [5.41, 5.74) is 5.83. The molecule has 0 aromatic heterocycles. The van der Waals surface area contributed by atoms with E-state index in [0.29, 0.717) is 11.4 Å². The molecule has 2 aromatic carbocycles. The Bertz CT molecular complexity index is 697. The molecule has 2 aromatic rings. The van der Waals surface area contributed by atoms with Crippen LogP contribution in [0.2, 0.25) is 10.0 Å². The van der Waals surface area contributed by atoms with Crippen molar-refractivity contribution in [3.63, 3.8) is 0 Å². The third kappa shape index (κ3) is 3.11. The summed E-state index contributed by atoms with van der Waals surface area (Å²) in [7, 11) is 0. The Hall–Kier alpha value is -1.57. The zero-order valence-corrected chi connectivity index (χ0v) is 13.7. The second-order valence-electron chi connectivity index (χ2n) is 5.63. The van der Waals surface area contributed by atoms with Crippen molar-refractivity contribution in [2.24, 2.45) is 0 Å². The highest BCUT2D eigenvalue weighted by atomic mass is 35.5. The van der Waals surface area contributed by atoms with Gasteiger partial charge in [0, 0.05) is 22.0 Å². The molecule has 4 rings (SSSR count). The summed E-state index contributed by atoms with van der Waals surface area (Å²) in [6.07, 6.45) is 3.75. The molecular formula is C19H16Cl2O. The quantitative estimate of drug-likeness (QED) is 0.599. The average Bonchev–Trinajstić information content (AvgIpc) is 3.04. The maximum absolute atomic E-state index is 11.2. The topological polar surface area (TPSA) is 17.1 Å². The molecule has 0 fully saturated rings. The molecule has 0 saturated heterocycles. The van der Waals surface area contributed by atoms with E-state index in [1.165, 1.54) is 16.7 Å². The fourth-order valence-electron chi connectivity index (χ4n) is 2.93. The van der Waals surface area contributed by atoms with Crippen LogP contribution in [0.1, 0.15) is 39.9 Å². The molecule has 0 spiro atoms. The molecule has 22 heavy (non-hydrogen) atoms. The largest absolute Gasteiger partial charge is 0.294 e. The molecule has 3 heteroatoms. The van der Waals surface area contributed by atoms with Gasteiger partial charge in [-0.2, -0.15) is 0 Å². The summed E-state index contributed by atoms with van der Waals surface area (Å²) in [5.74, 6) is 0.225. The fraction of sp³-hybridized carbons (Fsp3) is 0.211. The molecule has 0 N–H and O–H groups in total. The highest BCUT2D eigenvalue weighted by molar-refractivity contribution is 6.31. The minimum Gasteiger partial charge on any atom is -0.294 e. The van der Waals surface area contributed by atoms with E-state index in [1.807, 2.05) is 24.3 Å². The Morgan fingerprint density at radius 1 is 0.773 bits per heavy atom. The second kappa shape index (κ2) is 6.28. The summed E-state index contributed by atoms with van der Waals surface area (Å²) < 4.78 is 0. The van der Waals surface area contributed by atoms with Gasteiger partial charge in [0.25, 0.3) is 0 Å². The van der Waals surface area contributed by atoms with Gasteiger partial charge in [-0.15, -0.1) is 0 Å². The first kappa shape index (κ1) is 15.3. The molecule has 112 valence electrons. The van der Waals surface area contributed by atoms with E-state index in [4.69, 9.17) is 23.2 Å². The predicted octanol–water partition coefficient (Wildman–Crippen LogP) is 5.77. The molecule has 0 heterocycles. The zero-order valence-electron chi connectivity index (χ0n) is 12.2.